The van der Waals surface area contributed by atoms with Crippen LogP contribution in [0.4, 0.5) is 4.79 Å². The van der Waals surface area contributed by atoms with Gasteiger partial charge in [-0.2, -0.15) is 0 Å². The van der Waals surface area contributed by atoms with Crippen LogP contribution in [0.25, 0.3) is 0 Å². The maximum absolute atomic E-state index is 11.9. The molecule has 0 aromatic heterocycles. The number of ether oxygens (including phenoxy) is 1. The van der Waals surface area contributed by atoms with E-state index < -0.39 is 0 Å². The number of rotatable bonds is 2. The molecule has 1 aliphatic heterocycles. The lowest BCUT2D eigenvalue weighted by atomic mass is 10.2. The van der Waals surface area contributed by atoms with Crippen LogP contribution in [0.5, 0.6) is 0 Å². The zero-order valence-corrected chi connectivity index (χ0v) is 10.9. The molecule has 1 aliphatic carbocycles. The van der Waals surface area contributed by atoms with Crippen molar-refractivity contribution in [3.8, 4) is 0 Å². The summed E-state index contributed by atoms with van der Waals surface area (Å²) >= 11 is 0. The van der Waals surface area contributed by atoms with Gasteiger partial charge >= 0.3 is 6.09 Å². The highest BCUT2D eigenvalue weighted by Crippen LogP contribution is 2.30. The van der Waals surface area contributed by atoms with Gasteiger partial charge in [-0.05, 0) is 12.0 Å². The van der Waals surface area contributed by atoms with Crippen LogP contribution in [-0.4, -0.2) is 36.2 Å². The molecular formula is C13H17ClN2O2. The fourth-order valence-corrected chi connectivity index (χ4v) is 2.31. The first-order valence-electron chi connectivity index (χ1n) is 6.05. The molecule has 18 heavy (non-hydrogen) atoms. The van der Waals surface area contributed by atoms with Crippen molar-refractivity contribution < 1.29 is 9.53 Å². The van der Waals surface area contributed by atoms with E-state index in [2.05, 4.69) is 5.32 Å². The number of hydrogen-bond acceptors (Lipinski definition) is 3. The Morgan fingerprint density at radius 1 is 1.39 bits per heavy atom. The van der Waals surface area contributed by atoms with Gasteiger partial charge in [-0.15, -0.1) is 12.4 Å². The van der Waals surface area contributed by atoms with Gasteiger partial charge in [0.15, 0.2) is 0 Å². The number of carbonyl (C=O) groups excluding carboxylic acids is 1. The number of nitrogens with zero attached hydrogens (tertiary/aromatic N) is 1. The Morgan fingerprint density at radius 2 is 2.17 bits per heavy atom. The summed E-state index contributed by atoms with van der Waals surface area (Å²) in [7, 11) is 0. The first-order valence-corrected chi connectivity index (χ1v) is 6.05. The summed E-state index contributed by atoms with van der Waals surface area (Å²) in [4.78, 5) is 13.7. The maximum atomic E-state index is 11.9. The lowest BCUT2D eigenvalue weighted by molar-refractivity contribution is 0.0885. The summed E-state index contributed by atoms with van der Waals surface area (Å²) in [6, 6.07) is 10.7. The number of fused-ring (bicyclic) bond motifs is 1. The van der Waals surface area contributed by atoms with Gasteiger partial charge in [0.05, 0.1) is 6.04 Å². The van der Waals surface area contributed by atoms with Crippen LogP contribution >= 0.6 is 12.4 Å². The topological polar surface area (TPSA) is 41.6 Å². The van der Waals surface area contributed by atoms with E-state index in [0.29, 0.717) is 18.7 Å². The van der Waals surface area contributed by atoms with Crippen LogP contribution in [0.15, 0.2) is 30.3 Å². The summed E-state index contributed by atoms with van der Waals surface area (Å²) in [6.07, 6.45) is 0.892. The Bertz CT molecular complexity index is 413. The Hall–Kier alpha value is -1.26. The van der Waals surface area contributed by atoms with Crippen molar-refractivity contribution in [2.45, 2.75) is 25.1 Å². The Balaban J connectivity index is 0.00000120. The lowest BCUT2D eigenvalue weighted by Crippen LogP contribution is -2.46. The van der Waals surface area contributed by atoms with E-state index in [9.17, 15) is 4.79 Å². The molecule has 5 heteroatoms. The first-order chi connectivity index (χ1) is 8.34. The normalized spacial score (nSPS) is 24.8. The van der Waals surface area contributed by atoms with E-state index in [1.165, 1.54) is 0 Å². The standard InChI is InChI=1S/C13H16N2O2.ClH/c16-13(15-7-6-14-11-8-12(11)15)17-9-10-4-2-1-3-5-10;/h1-5,11-12,14H,6-9H2;1H. The van der Waals surface area contributed by atoms with Crippen LogP contribution in [0.1, 0.15) is 12.0 Å². The lowest BCUT2D eigenvalue weighted by Gasteiger charge is -2.26. The van der Waals surface area contributed by atoms with Crippen molar-refractivity contribution in [3.05, 3.63) is 35.9 Å². The van der Waals surface area contributed by atoms with Gasteiger partial charge in [-0.25, -0.2) is 4.79 Å². The van der Waals surface area contributed by atoms with E-state index in [1.807, 2.05) is 35.2 Å². The highest BCUT2D eigenvalue weighted by atomic mass is 35.5. The fraction of sp³-hybridized carbons (Fsp3) is 0.462. The van der Waals surface area contributed by atoms with Crippen molar-refractivity contribution in [3.63, 3.8) is 0 Å². The highest BCUT2D eigenvalue weighted by molar-refractivity contribution is 5.85. The van der Waals surface area contributed by atoms with Gasteiger partial charge in [-0.3, -0.25) is 0 Å². The monoisotopic (exact) mass is 268 g/mol. The fourth-order valence-electron chi connectivity index (χ4n) is 2.31. The van der Waals surface area contributed by atoms with Gasteiger partial charge in [0.1, 0.15) is 6.61 Å². The molecule has 98 valence electrons. The summed E-state index contributed by atoms with van der Waals surface area (Å²) < 4.78 is 5.32. The minimum atomic E-state index is -0.178. The van der Waals surface area contributed by atoms with Crippen LogP contribution < -0.4 is 5.32 Å². The van der Waals surface area contributed by atoms with E-state index in [0.717, 1.165) is 25.1 Å². The van der Waals surface area contributed by atoms with Crippen LogP contribution in [0.3, 0.4) is 0 Å². The molecule has 2 atom stereocenters. The minimum absolute atomic E-state index is 0. The average molecular weight is 269 g/mol. The minimum Gasteiger partial charge on any atom is -0.445 e. The number of piperazine rings is 1. The molecule has 0 radical (unpaired) electrons. The highest BCUT2D eigenvalue weighted by Gasteiger charge is 2.46. The molecular weight excluding hydrogens is 252 g/mol. The molecule has 1 saturated carbocycles. The smallest absolute Gasteiger partial charge is 0.410 e. The number of nitrogens with one attached hydrogen (secondary N) is 1. The van der Waals surface area contributed by atoms with E-state index in [1.54, 1.807) is 0 Å². The zero-order chi connectivity index (χ0) is 11.7. The SMILES string of the molecule is Cl.O=C(OCc1ccccc1)N1CCNC2CC21. The summed E-state index contributed by atoms with van der Waals surface area (Å²) in [5.74, 6) is 0. The third-order valence-corrected chi connectivity index (χ3v) is 3.36. The van der Waals surface area contributed by atoms with E-state index >= 15 is 0 Å². The maximum Gasteiger partial charge on any atom is 0.410 e. The van der Waals surface area contributed by atoms with Crippen LogP contribution in [-0.2, 0) is 11.3 Å². The van der Waals surface area contributed by atoms with Crippen molar-refractivity contribution in [1.82, 2.24) is 10.2 Å². The molecule has 3 rings (SSSR count). The third-order valence-electron chi connectivity index (χ3n) is 3.36. The average Bonchev–Trinajstić information content (AvgIpc) is 3.16. The van der Waals surface area contributed by atoms with Crippen molar-refractivity contribution in [2.24, 2.45) is 0 Å². The largest absolute Gasteiger partial charge is 0.445 e. The van der Waals surface area contributed by atoms with Gasteiger partial charge in [-0.1, -0.05) is 30.3 Å². The number of benzene rings is 1. The van der Waals surface area contributed by atoms with Crippen molar-refractivity contribution in [1.29, 1.82) is 0 Å². The molecule has 1 amide bonds. The summed E-state index contributed by atoms with van der Waals surface area (Å²) in [6.45, 7) is 2.00. The van der Waals surface area contributed by atoms with Gasteiger partial charge < -0.3 is 15.0 Å². The predicted octanol–water partition coefficient (Wildman–Crippen LogP) is 1.79. The molecule has 1 aromatic rings. The van der Waals surface area contributed by atoms with E-state index in [-0.39, 0.29) is 18.5 Å². The van der Waals surface area contributed by atoms with Gasteiger partial charge in [0, 0.05) is 19.1 Å². The van der Waals surface area contributed by atoms with Crippen molar-refractivity contribution >= 4 is 18.5 Å². The molecule has 2 aliphatic rings. The Labute approximate surface area is 113 Å². The molecule has 1 saturated heterocycles. The second-order valence-corrected chi connectivity index (χ2v) is 4.60. The molecule has 1 aromatic carbocycles. The van der Waals surface area contributed by atoms with Gasteiger partial charge in [0.25, 0.3) is 0 Å². The number of amides is 1. The third kappa shape index (κ3) is 2.76. The second-order valence-electron chi connectivity index (χ2n) is 4.60. The summed E-state index contributed by atoms with van der Waals surface area (Å²) in [5, 5.41) is 3.37. The van der Waals surface area contributed by atoms with E-state index in [4.69, 9.17) is 4.74 Å². The van der Waals surface area contributed by atoms with Gasteiger partial charge in [0.2, 0.25) is 0 Å². The summed E-state index contributed by atoms with van der Waals surface area (Å²) in [5.41, 5.74) is 1.03. The van der Waals surface area contributed by atoms with Crippen LogP contribution in [0, 0.1) is 0 Å². The molecule has 2 unspecified atom stereocenters. The number of carbonyl (C=O) groups is 1. The van der Waals surface area contributed by atoms with Crippen LogP contribution in [0.2, 0.25) is 0 Å². The molecule has 1 heterocycles. The molecule has 0 bridgehead atoms. The Morgan fingerprint density at radius 3 is 2.94 bits per heavy atom. The Kier molecular flexibility index (Phi) is 4.09. The number of hydrogen-bond donors (Lipinski definition) is 1. The molecule has 2 fully saturated rings. The predicted molar refractivity (Wildman–Crippen MR) is 70.8 cm³/mol. The zero-order valence-electron chi connectivity index (χ0n) is 10.0. The second kappa shape index (κ2) is 5.59. The first kappa shape index (κ1) is 13.2. The quantitative estimate of drug-likeness (QED) is 0.889. The molecule has 4 nitrogen and oxygen atoms in total. The number of halogens is 1. The molecule has 0 spiro atoms. The molecule has 1 N–H and O–H groups in total. The van der Waals surface area contributed by atoms with Crippen molar-refractivity contribution in [2.75, 3.05) is 13.1 Å².